The van der Waals surface area contributed by atoms with Gasteiger partial charge in [0.25, 0.3) is 0 Å². The predicted molar refractivity (Wildman–Crippen MR) is 140 cm³/mol. The van der Waals surface area contributed by atoms with E-state index in [1.165, 1.54) is 6.20 Å². The van der Waals surface area contributed by atoms with Crippen molar-refractivity contribution in [2.24, 2.45) is 0 Å². The highest BCUT2D eigenvalue weighted by Crippen LogP contribution is 2.21. The van der Waals surface area contributed by atoms with Crippen molar-refractivity contribution < 1.29 is 23.8 Å². The Hall–Kier alpha value is -4.33. The Morgan fingerprint density at radius 3 is 2.49 bits per heavy atom. The second-order valence-corrected chi connectivity index (χ2v) is 9.93. The third kappa shape index (κ3) is 7.33. The van der Waals surface area contributed by atoms with Crippen LogP contribution in [0.1, 0.15) is 37.5 Å². The van der Waals surface area contributed by atoms with E-state index in [2.05, 4.69) is 10.3 Å². The summed E-state index contributed by atoms with van der Waals surface area (Å²) in [7, 11) is 0. The number of carbonyl (C=O) groups excluding carboxylic acids is 2. The van der Waals surface area contributed by atoms with Crippen LogP contribution in [0.5, 0.6) is 5.75 Å². The number of carbonyl (C=O) groups is 2. The third-order valence-electron chi connectivity index (χ3n) is 5.63. The second-order valence-electron chi connectivity index (χ2n) is 9.93. The molecule has 2 heterocycles. The summed E-state index contributed by atoms with van der Waals surface area (Å²) in [6.45, 7) is 5.78. The van der Waals surface area contributed by atoms with Crippen LogP contribution in [-0.2, 0) is 29.0 Å². The van der Waals surface area contributed by atoms with Crippen LogP contribution in [0.4, 0.5) is 4.79 Å². The average molecular weight is 502 g/mol. The Bertz CT molecular complexity index is 1360. The van der Waals surface area contributed by atoms with Crippen LogP contribution in [0.15, 0.2) is 83.7 Å². The van der Waals surface area contributed by atoms with Gasteiger partial charge in [-0.2, -0.15) is 0 Å². The van der Waals surface area contributed by atoms with E-state index in [9.17, 15) is 14.7 Å². The van der Waals surface area contributed by atoms with E-state index in [1.807, 2.05) is 54.6 Å². The van der Waals surface area contributed by atoms with Gasteiger partial charge in [0, 0.05) is 31.1 Å². The monoisotopic (exact) mass is 501 g/mol. The third-order valence-corrected chi connectivity index (χ3v) is 5.63. The fraction of sp³-hybridized carbons (Fsp3) is 0.276. The van der Waals surface area contributed by atoms with Crippen LogP contribution in [0.25, 0.3) is 11.0 Å². The number of aromatic nitrogens is 1. The number of benzene rings is 2. The molecule has 8 heteroatoms. The molecule has 192 valence electrons. The van der Waals surface area contributed by atoms with Crippen molar-refractivity contribution in [1.29, 1.82) is 0 Å². The predicted octanol–water partition coefficient (Wildman–Crippen LogP) is 5.20. The molecular formula is C29H31N3O5. The summed E-state index contributed by atoms with van der Waals surface area (Å²) in [5.41, 5.74) is 2.50. The van der Waals surface area contributed by atoms with Crippen LogP contribution >= 0.6 is 0 Å². The van der Waals surface area contributed by atoms with Gasteiger partial charge in [-0.25, -0.2) is 4.79 Å². The molecular weight excluding hydrogens is 470 g/mol. The lowest BCUT2D eigenvalue weighted by Crippen LogP contribution is -2.50. The number of nitrogens with zero attached hydrogens (tertiary/aromatic N) is 2. The van der Waals surface area contributed by atoms with Gasteiger partial charge in [-0.05, 0) is 61.7 Å². The zero-order chi connectivity index (χ0) is 26.4. The lowest BCUT2D eigenvalue weighted by atomic mass is 10.0. The minimum Gasteiger partial charge on any atom is -0.506 e. The maximum absolute atomic E-state index is 14.0. The van der Waals surface area contributed by atoms with Crippen LogP contribution < -0.4 is 5.32 Å². The van der Waals surface area contributed by atoms with Crippen molar-refractivity contribution >= 4 is 23.0 Å². The van der Waals surface area contributed by atoms with Gasteiger partial charge in [0.2, 0.25) is 5.91 Å². The van der Waals surface area contributed by atoms with E-state index in [4.69, 9.17) is 9.15 Å². The summed E-state index contributed by atoms with van der Waals surface area (Å²) < 4.78 is 10.9. The fourth-order valence-corrected chi connectivity index (χ4v) is 4.05. The first kappa shape index (κ1) is 25.8. The molecule has 0 aliphatic rings. The smallest absolute Gasteiger partial charge is 0.408 e. The van der Waals surface area contributed by atoms with E-state index < -0.39 is 17.7 Å². The van der Waals surface area contributed by atoms with E-state index in [0.29, 0.717) is 5.56 Å². The molecule has 2 aromatic carbocycles. The summed E-state index contributed by atoms with van der Waals surface area (Å²) in [5, 5.41) is 13.6. The van der Waals surface area contributed by atoms with Gasteiger partial charge < -0.3 is 24.5 Å². The number of alkyl carbamates (subject to hydrolysis) is 1. The maximum atomic E-state index is 14.0. The largest absolute Gasteiger partial charge is 0.506 e. The Balaban J connectivity index is 1.64. The van der Waals surface area contributed by atoms with Gasteiger partial charge in [-0.15, -0.1) is 0 Å². The van der Waals surface area contributed by atoms with Crippen molar-refractivity contribution in [3.05, 3.63) is 96.0 Å². The van der Waals surface area contributed by atoms with E-state index in [-0.39, 0.29) is 31.2 Å². The lowest BCUT2D eigenvalue weighted by Gasteiger charge is -2.29. The molecule has 0 unspecified atom stereocenters. The summed E-state index contributed by atoms with van der Waals surface area (Å²) in [6, 6.07) is 17.8. The van der Waals surface area contributed by atoms with Gasteiger partial charge in [0.05, 0.1) is 12.5 Å². The molecule has 1 atom stereocenters. The molecule has 2 N–H and O–H groups in total. The molecule has 0 aliphatic heterocycles. The van der Waals surface area contributed by atoms with Crippen LogP contribution in [0, 0.1) is 0 Å². The SMILES string of the molecule is CC(C)(C)OC(=O)N[C@H](Cc1ccccc1)C(=O)N(Cc1cncc(O)c1)Cc1ccc2occc2c1. The topological polar surface area (TPSA) is 105 Å². The summed E-state index contributed by atoms with van der Waals surface area (Å²) >= 11 is 0. The molecule has 0 radical (unpaired) electrons. The lowest BCUT2D eigenvalue weighted by molar-refractivity contribution is -0.134. The Labute approximate surface area is 215 Å². The second kappa shape index (κ2) is 11.2. The average Bonchev–Trinajstić information content (AvgIpc) is 3.30. The summed E-state index contributed by atoms with van der Waals surface area (Å²) in [5.74, 6) is -0.275. The number of aromatic hydroxyl groups is 1. The number of amides is 2. The highest BCUT2D eigenvalue weighted by Gasteiger charge is 2.29. The first-order valence-electron chi connectivity index (χ1n) is 12.1. The first-order chi connectivity index (χ1) is 17.7. The molecule has 0 saturated carbocycles. The quantitative estimate of drug-likeness (QED) is 0.344. The number of fused-ring (bicyclic) bond motifs is 1. The molecule has 2 amide bonds. The van der Waals surface area contributed by atoms with Crippen molar-refractivity contribution in [1.82, 2.24) is 15.2 Å². The number of nitrogens with one attached hydrogen (secondary N) is 1. The number of ether oxygens (including phenoxy) is 1. The van der Waals surface area contributed by atoms with Gasteiger partial charge >= 0.3 is 6.09 Å². The van der Waals surface area contributed by atoms with Crippen molar-refractivity contribution in [2.45, 2.75) is 51.9 Å². The number of furan rings is 1. The number of rotatable bonds is 8. The molecule has 4 aromatic rings. The standard InChI is InChI=1S/C29H31N3O5/c1-29(2,3)37-28(35)31-25(15-20-7-5-4-6-8-20)27(34)32(19-22-14-24(33)17-30-16-22)18-21-9-10-26-23(13-21)11-12-36-26/h4-14,16-17,25,33H,15,18-19H2,1-3H3,(H,31,35)/t25-/m1/s1. The van der Waals surface area contributed by atoms with Crippen LogP contribution in [0.2, 0.25) is 0 Å². The van der Waals surface area contributed by atoms with Gasteiger partial charge in [-0.3, -0.25) is 9.78 Å². The van der Waals surface area contributed by atoms with Crippen LogP contribution in [0.3, 0.4) is 0 Å². The molecule has 4 rings (SSSR count). The normalized spacial score (nSPS) is 12.2. The van der Waals surface area contributed by atoms with Crippen molar-refractivity contribution in [3.8, 4) is 5.75 Å². The minimum atomic E-state index is -0.875. The highest BCUT2D eigenvalue weighted by atomic mass is 16.6. The van der Waals surface area contributed by atoms with Gasteiger partial charge in [-0.1, -0.05) is 36.4 Å². The zero-order valence-electron chi connectivity index (χ0n) is 21.2. The first-order valence-corrected chi connectivity index (χ1v) is 12.1. The Morgan fingerprint density at radius 1 is 1.00 bits per heavy atom. The molecule has 0 aliphatic carbocycles. The summed E-state index contributed by atoms with van der Waals surface area (Å²) in [4.78, 5) is 32.4. The molecule has 0 saturated heterocycles. The maximum Gasteiger partial charge on any atom is 0.408 e. The number of hydrogen-bond donors (Lipinski definition) is 2. The fourth-order valence-electron chi connectivity index (χ4n) is 4.05. The van der Waals surface area contributed by atoms with Crippen molar-refractivity contribution in [3.63, 3.8) is 0 Å². The molecule has 2 aromatic heterocycles. The molecule has 0 fully saturated rings. The molecule has 8 nitrogen and oxygen atoms in total. The zero-order valence-corrected chi connectivity index (χ0v) is 21.2. The van der Waals surface area contributed by atoms with E-state index in [1.54, 1.807) is 44.2 Å². The molecule has 37 heavy (non-hydrogen) atoms. The van der Waals surface area contributed by atoms with Gasteiger partial charge in [0.15, 0.2) is 0 Å². The number of hydrogen-bond acceptors (Lipinski definition) is 6. The van der Waals surface area contributed by atoms with E-state index >= 15 is 0 Å². The molecule has 0 bridgehead atoms. The minimum absolute atomic E-state index is 0.0115. The van der Waals surface area contributed by atoms with Crippen LogP contribution in [-0.4, -0.2) is 38.6 Å². The Kier molecular flexibility index (Phi) is 7.77. The highest BCUT2D eigenvalue weighted by molar-refractivity contribution is 5.86. The number of pyridine rings is 1. The summed E-state index contributed by atoms with van der Waals surface area (Å²) in [6.07, 6.45) is 4.18. The Morgan fingerprint density at radius 2 is 1.76 bits per heavy atom. The van der Waals surface area contributed by atoms with Crippen molar-refractivity contribution in [2.75, 3.05) is 0 Å². The van der Waals surface area contributed by atoms with Gasteiger partial charge in [0.1, 0.15) is 23.0 Å². The molecule has 0 spiro atoms. The van der Waals surface area contributed by atoms with E-state index in [0.717, 1.165) is 22.1 Å².